The molecular formula is C15H14FN3O. The largest absolute Gasteiger partial charge is 0.506 e. The quantitative estimate of drug-likeness (QED) is 0.775. The Kier molecular flexibility index (Phi) is 2.89. The predicted molar refractivity (Wildman–Crippen MR) is 75.0 cm³/mol. The molecule has 4 nitrogen and oxygen atoms in total. The molecule has 3 aromatic rings. The minimum Gasteiger partial charge on any atom is -0.506 e. The van der Waals surface area contributed by atoms with Gasteiger partial charge in [-0.05, 0) is 38.1 Å². The highest BCUT2D eigenvalue weighted by Crippen LogP contribution is 2.29. The van der Waals surface area contributed by atoms with Crippen LogP contribution in [0.5, 0.6) is 5.75 Å². The molecule has 0 bridgehead atoms. The van der Waals surface area contributed by atoms with Crippen molar-refractivity contribution < 1.29 is 9.50 Å². The molecule has 0 atom stereocenters. The van der Waals surface area contributed by atoms with Crippen molar-refractivity contribution >= 4 is 11.0 Å². The van der Waals surface area contributed by atoms with Gasteiger partial charge in [0.25, 0.3) is 0 Å². The summed E-state index contributed by atoms with van der Waals surface area (Å²) in [5, 5.41) is 9.56. The summed E-state index contributed by atoms with van der Waals surface area (Å²) in [6, 6.07) is 6.23. The smallest absolute Gasteiger partial charge is 0.143 e. The Morgan fingerprint density at radius 1 is 1.20 bits per heavy atom. The van der Waals surface area contributed by atoms with Crippen LogP contribution in [0.15, 0.2) is 36.7 Å². The lowest BCUT2D eigenvalue weighted by Crippen LogP contribution is -2.03. The third kappa shape index (κ3) is 2.01. The van der Waals surface area contributed by atoms with Crippen molar-refractivity contribution in [2.45, 2.75) is 19.9 Å². The molecule has 3 rings (SSSR count). The molecule has 102 valence electrons. The number of hydrogen-bond donors (Lipinski definition) is 1. The molecular weight excluding hydrogens is 257 g/mol. The van der Waals surface area contributed by atoms with E-state index in [2.05, 4.69) is 9.97 Å². The van der Waals surface area contributed by atoms with Crippen LogP contribution in [-0.2, 0) is 0 Å². The van der Waals surface area contributed by atoms with Crippen LogP contribution >= 0.6 is 0 Å². The van der Waals surface area contributed by atoms with Crippen molar-refractivity contribution in [2.24, 2.45) is 0 Å². The van der Waals surface area contributed by atoms with Gasteiger partial charge in [0.15, 0.2) is 0 Å². The fourth-order valence-corrected chi connectivity index (χ4v) is 2.34. The van der Waals surface area contributed by atoms with Crippen molar-refractivity contribution in [2.75, 3.05) is 0 Å². The topological polar surface area (TPSA) is 50.9 Å². The van der Waals surface area contributed by atoms with Crippen LogP contribution in [0.2, 0.25) is 0 Å². The highest BCUT2D eigenvalue weighted by Gasteiger charge is 2.16. The summed E-state index contributed by atoms with van der Waals surface area (Å²) in [6.07, 6.45) is 3.00. The normalized spacial score (nSPS) is 11.4. The summed E-state index contributed by atoms with van der Waals surface area (Å²) in [5.41, 5.74) is 2.16. The van der Waals surface area contributed by atoms with Gasteiger partial charge in [-0.2, -0.15) is 0 Å². The molecule has 0 amide bonds. The first kappa shape index (κ1) is 12.6. The van der Waals surface area contributed by atoms with E-state index in [1.54, 1.807) is 18.3 Å². The standard InChI is InChI=1S/C15H14FN3O/c1-9(2)19-14-6-11(16)3-4-13(14)18-15(19)10-5-12(20)8-17-7-10/h3-9,20H,1-2H3. The van der Waals surface area contributed by atoms with Gasteiger partial charge < -0.3 is 9.67 Å². The zero-order valence-corrected chi connectivity index (χ0v) is 11.2. The second-order valence-corrected chi connectivity index (χ2v) is 4.96. The van der Waals surface area contributed by atoms with E-state index in [4.69, 9.17) is 0 Å². The van der Waals surface area contributed by atoms with Crippen molar-refractivity contribution in [3.8, 4) is 17.1 Å². The van der Waals surface area contributed by atoms with Crippen LogP contribution in [0.3, 0.4) is 0 Å². The fraction of sp³-hybridized carbons (Fsp3) is 0.200. The molecule has 0 aliphatic carbocycles. The molecule has 0 aliphatic heterocycles. The van der Waals surface area contributed by atoms with Gasteiger partial charge in [-0.1, -0.05) is 0 Å². The lowest BCUT2D eigenvalue weighted by Gasteiger charge is -2.13. The summed E-state index contributed by atoms with van der Waals surface area (Å²) in [7, 11) is 0. The minimum atomic E-state index is -0.292. The fourth-order valence-electron chi connectivity index (χ4n) is 2.34. The molecule has 1 aromatic carbocycles. The van der Waals surface area contributed by atoms with E-state index in [-0.39, 0.29) is 17.6 Å². The maximum Gasteiger partial charge on any atom is 0.143 e. The molecule has 0 radical (unpaired) electrons. The summed E-state index contributed by atoms with van der Waals surface area (Å²) >= 11 is 0. The van der Waals surface area contributed by atoms with Crippen LogP contribution in [0.4, 0.5) is 4.39 Å². The molecule has 0 spiro atoms. The van der Waals surface area contributed by atoms with Crippen molar-refractivity contribution in [3.05, 3.63) is 42.5 Å². The van der Waals surface area contributed by atoms with Gasteiger partial charge in [-0.25, -0.2) is 9.37 Å². The number of aromatic nitrogens is 3. The summed E-state index contributed by atoms with van der Waals surface area (Å²) in [6.45, 7) is 4.01. The van der Waals surface area contributed by atoms with Gasteiger partial charge >= 0.3 is 0 Å². The van der Waals surface area contributed by atoms with E-state index >= 15 is 0 Å². The summed E-state index contributed by atoms with van der Waals surface area (Å²) in [5.74, 6) is 0.458. The number of imidazole rings is 1. The number of rotatable bonds is 2. The highest BCUT2D eigenvalue weighted by atomic mass is 19.1. The number of pyridine rings is 1. The monoisotopic (exact) mass is 271 g/mol. The van der Waals surface area contributed by atoms with Gasteiger partial charge in [0.1, 0.15) is 17.4 Å². The Morgan fingerprint density at radius 2 is 2.00 bits per heavy atom. The third-order valence-corrected chi connectivity index (χ3v) is 3.15. The first-order chi connectivity index (χ1) is 9.56. The maximum absolute atomic E-state index is 13.5. The van der Waals surface area contributed by atoms with Crippen molar-refractivity contribution in [1.29, 1.82) is 0 Å². The zero-order valence-electron chi connectivity index (χ0n) is 11.2. The molecule has 1 N–H and O–H groups in total. The van der Waals surface area contributed by atoms with Crippen molar-refractivity contribution in [3.63, 3.8) is 0 Å². The highest BCUT2D eigenvalue weighted by molar-refractivity contribution is 5.81. The average Bonchev–Trinajstić information content (AvgIpc) is 2.77. The van der Waals surface area contributed by atoms with Crippen LogP contribution < -0.4 is 0 Å². The second-order valence-electron chi connectivity index (χ2n) is 4.96. The molecule has 2 aromatic heterocycles. The first-order valence-electron chi connectivity index (χ1n) is 6.38. The average molecular weight is 271 g/mol. The van der Waals surface area contributed by atoms with E-state index in [1.807, 2.05) is 18.4 Å². The van der Waals surface area contributed by atoms with E-state index < -0.39 is 0 Å². The summed E-state index contributed by atoms with van der Waals surface area (Å²) in [4.78, 5) is 8.50. The SMILES string of the molecule is CC(C)n1c(-c2cncc(O)c2)nc2ccc(F)cc21. The lowest BCUT2D eigenvalue weighted by atomic mass is 10.2. The van der Waals surface area contributed by atoms with Crippen LogP contribution in [0, 0.1) is 5.82 Å². The first-order valence-corrected chi connectivity index (χ1v) is 6.38. The number of halogens is 1. The van der Waals surface area contributed by atoms with E-state index in [1.165, 1.54) is 18.3 Å². The van der Waals surface area contributed by atoms with E-state index in [9.17, 15) is 9.50 Å². The van der Waals surface area contributed by atoms with Gasteiger partial charge in [0.2, 0.25) is 0 Å². The van der Waals surface area contributed by atoms with Crippen LogP contribution in [0.25, 0.3) is 22.4 Å². The Balaban J connectivity index is 2.32. The number of benzene rings is 1. The Hall–Kier alpha value is -2.43. The molecule has 0 aliphatic rings. The number of nitrogens with zero attached hydrogens (tertiary/aromatic N) is 3. The summed E-state index contributed by atoms with van der Waals surface area (Å²) < 4.78 is 15.4. The van der Waals surface area contributed by atoms with Crippen LogP contribution in [-0.4, -0.2) is 19.6 Å². The molecule has 20 heavy (non-hydrogen) atoms. The van der Waals surface area contributed by atoms with Gasteiger partial charge in [-0.3, -0.25) is 4.98 Å². The molecule has 2 heterocycles. The minimum absolute atomic E-state index is 0.0797. The van der Waals surface area contributed by atoms with Gasteiger partial charge in [0.05, 0.1) is 17.2 Å². The number of hydrogen-bond acceptors (Lipinski definition) is 3. The molecule has 0 unspecified atom stereocenters. The molecule has 0 saturated carbocycles. The van der Waals surface area contributed by atoms with Crippen molar-refractivity contribution in [1.82, 2.24) is 14.5 Å². The number of aromatic hydroxyl groups is 1. The third-order valence-electron chi connectivity index (χ3n) is 3.15. The number of fused-ring (bicyclic) bond motifs is 1. The lowest BCUT2D eigenvalue weighted by molar-refractivity contribution is 0.473. The van der Waals surface area contributed by atoms with Gasteiger partial charge in [0, 0.05) is 17.8 Å². The van der Waals surface area contributed by atoms with Gasteiger partial charge in [-0.15, -0.1) is 0 Å². The molecule has 0 saturated heterocycles. The molecule has 5 heteroatoms. The Bertz CT molecular complexity index is 780. The van der Waals surface area contributed by atoms with Crippen LogP contribution in [0.1, 0.15) is 19.9 Å². The Labute approximate surface area is 115 Å². The molecule has 0 fully saturated rings. The predicted octanol–water partition coefficient (Wildman–Crippen LogP) is 3.52. The van der Waals surface area contributed by atoms with E-state index in [0.29, 0.717) is 11.4 Å². The second kappa shape index (κ2) is 4.59. The maximum atomic E-state index is 13.5. The zero-order chi connectivity index (χ0) is 14.3. The Morgan fingerprint density at radius 3 is 2.70 bits per heavy atom. The van der Waals surface area contributed by atoms with E-state index in [0.717, 1.165) is 11.0 Å².